The van der Waals surface area contributed by atoms with Gasteiger partial charge in [-0.15, -0.1) is 0 Å². The summed E-state index contributed by atoms with van der Waals surface area (Å²) < 4.78 is 5.72. The van der Waals surface area contributed by atoms with Crippen molar-refractivity contribution in [1.29, 1.82) is 0 Å². The number of aryl methyl sites for hydroxylation is 1. The van der Waals surface area contributed by atoms with E-state index in [1.165, 1.54) is 18.5 Å². The second-order valence-corrected chi connectivity index (χ2v) is 4.85. The van der Waals surface area contributed by atoms with Crippen molar-refractivity contribution in [2.45, 2.75) is 13.3 Å². The summed E-state index contributed by atoms with van der Waals surface area (Å²) >= 11 is 0. The summed E-state index contributed by atoms with van der Waals surface area (Å²) in [4.78, 5) is 2.44. The molecule has 1 aromatic rings. The van der Waals surface area contributed by atoms with E-state index in [1.807, 2.05) is 12.1 Å². The average molecular weight is 234 g/mol. The molecule has 0 bridgehead atoms. The van der Waals surface area contributed by atoms with Crippen LogP contribution in [0.1, 0.15) is 12.0 Å². The number of nitrogens with two attached hydrogens (primary N) is 1. The van der Waals surface area contributed by atoms with E-state index in [0.29, 0.717) is 5.92 Å². The number of hydrogen-bond donors (Lipinski definition) is 1. The van der Waals surface area contributed by atoms with Crippen molar-refractivity contribution < 1.29 is 4.74 Å². The lowest BCUT2D eigenvalue weighted by Crippen LogP contribution is -2.27. The van der Waals surface area contributed by atoms with Crippen LogP contribution < -0.4 is 10.5 Å². The minimum absolute atomic E-state index is 0.689. The summed E-state index contributed by atoms with van der Waals surface area (Å²) in [5.74, 6) is 1.65. The maximum Gasteiger partial charge on any atom is 0.119 e. The topological polar surface area (TPSA) is 38.5 Å². The lowest BCUT2D eigenvalue weighted by atomic mass is 10.1. The van der Waals surface area contributed by atoms with Crippen LogP contribution in [0.3, 0.4) is 0 Å². The minimum Gasteiger partial charge on any atom is -0.492 e. The number of benzene rings is 1. The third-order valence-corrected chi connectivity index (χ3v) is 3.40. The molecule has 1 saturated heterocycles. The van der Waals surface area contributed by atoms with Crippen LogP contribution in [-0.4, -0.2) is 37.7 Å². The first-order valence-corrected chi connectivity index (χ1v) is 6.40. The summed E-state index contributed by atoms with van der Waals surface area (Å²) in [6.07, 6.45) is 1.24. The van der Waals surface area contributed by atoms with Crippen molar-refractivity contribution in [1.82, 2.24) is 4.90 Å². The van der Waals surface area contributed by atoms with E-state index < -0.39 is 0 Å². The van der Waals surface area contributed by atoms with E-state index in [4.69, 9.17) is 10.5 Å². The first-order chi connectivity index (χ1) is 8.28. The van der Waals surface area contributed by atoms with Gasteiger partial charge in [0, 0.05) is 13.1 Å². The predicted octanol–water partition coefficient (Wildman–Crippen LogP) is 1.65. The molecule has 2 rings (SSSR count). The Labute approximate surface area is 104 Å². The van der Waals surface area contributed by atoms with E-state index in [1.54, 1.807) is 0 Å². The maximum atomic E-state index is 5.72. The molecular weight excluding hydrogens is 212 g/mol. The van der Waals surface area contributed by atoms with Crippen LogP contribution in [-0.2, 0) is 0 Å². The maximum absolute atomic E-state index is 5.72. The molecule has 0 aliphatic carbocycles. The fraction of sp³-hybridized carbons (Fsp3) is 0.571. The van der Waals surface area contributed by atoms with E-state index in [0.717, 1.165) is 32.0 Å². The highest BCUT2D eigenvalue weighted by Crippen LogP contribution is 2.15. The Hall–Kier alpha value is -1.06. The lowest BCUT2D eigenvalue weighted by molar-refractivity contribution is 0.233. The molecule has 1 unspecified atom stereocenters. The zero-order chi connectivity index (χ0) is 12.1. The molecule has 94 valence electrons. The van der Waals surface area contributed by atoms with Gasteiger partial charge in [-0.3, -0.25) is 4.90 Å². The van der Waals surface area contributed by atoms with Crippen molar-refractivity contribution >= 4 is 0 Å². The Balaban J connectivity index is 1.68. The molecule has 3 nitrogen and oxygen atoms in total. The van der Waals surface area contributed by atoms with Gasteiger partial charge >= 0.3 is 0 Å². The van der Waals surface area contributed by atoms with Crippen LogP contribution in [0, 0.1) is 12.8 Å². The molecule has 1 fully saturated rings. The Bertz CT molecular complexity index is 337. The molecule has 0 amide bonds. The number of ether oxygens (including phenoxy) is 1. The molecular formula is C14H22N2O. The highest BCUT2D eigenvalue weighted by molar-refractivity contribution is 5.26. The van der Waals surface area contributed by atoms with E-state index in [9.17, 15) is 0 Å². The van der Waals surface area contributed by atoms with Crippen molar-refractivity contribution in [3.05, 3.63) is 29.8 Å². The van der Waals surface area contributed by atoms with Gasteiger partial charge in [0.1, 0.15) is 12.4 Å². The van der Waals surface area contributed by atoms with Crippen molar-refractivity contribution in [2.75, 3.05) is 32.8 Å². The Morgan fingerprint density at radius 1 is 1.35 bits per heavy atom. The van der Waals surface area contributed by atoms with Gasteiger partial charge in [0.05, 0.1) is 0 Å². The lowest BCUT2D eigenvalue weighted by Gasteiger charge is -2.16. The van der Waals surface area contributed by atoms with Crippen LogP contribution in [0.5, 0.6) is 5.75 Å². The van der Waals surface area contributed by atoms with Crippen LogP contribution in [0.2, 0.25) is 0 Å². The highest BCUT2D eigenvalue weighted by Gasteiger charge is 2.20. The van der Waals surface area contributed by atoms with Gasteiger partial charge in [0.15, 0.2) is 0 Å². The van der Waals surface area contributed by atoms with Crippen LogP contribution >= 0.6 is 0 Å². The molecule has 1 heterocycles. The van der Waals surface area contributed by atoms with Gasteiger partial charge in [-0.05, 0) is 44.5 Å². The summed E-state index contributed by atoms with van der Waals surface area (Å²) in [7, 11) is 0. The van der Waals surface area contributed by atoms with Crippen LogP contribution in [0.15, 0.2) is 24.3 Å². The van der Waals surface area contributed by atoms with E-state index in [2.05, 4.69) is 24.0 Å². The fourth-order valence-corrected chi connectivity index (χ4v) is 2.24. The highest BCUT2D eigenvalue weighted by atomic mass is 16.5. The summed E-state index contributed by atoms with van der Waals surface area (Å²) in [5, 5.41) is 0. The largest absolute Gasteiger partial charge is 0.492 e. The molecule has 3 heteroatoms. The molecule has 2 N–H and O–H groups in total. The quantitative estimate of drug-likeness (QED) is 0.842. The monoisotopic (exact) mass is 234 g/mol. The molecule has 1 aromatic carbocycles. The van der Waals surface area contributed by atoms with Gasteiger partial charge in [0.2, 0.25) is 0 Å². The summed E-state index contributed by atoms with van der Waals surface area (Å²) in [6, 6.07) is 8.22. The Kier molecular flexibility index (Phi) is 4.40. The van der Waals surface area contributed by atoms with Crippen LogP contribution in [0.4, 0.5) is 0 Å². The fourth-order valence-electron chi connectivity index (χ4n) is 2.24. The smallest absolute Gasteiger partial charge is 0.119 e. The Morgan fingerprint density at radius 2 is 2.12 bits per heavy atom. The van der Waals surface area contributed by atoms with Gasteiger partial charge < -0.3 is 10.5 Å². The molecule has 0 spiro atoms. The average Bonchev–Trinajstić information content (AvgIpc) is 2.80. The van der Waals surface area contributed by atoms with Gasteiger partial charge in [0.25, 0.3) is 0 Å². The molecule has 1 atom stereocenters. The number of hydrogen-bond acceptors (Lipinski definition) is 3. The standard InChI is InChI=1S/C14H22N2O/c1-12-2-4-14(5-3-12)17-9-8-16-7-6-13(10-15)11-16/h2-5,13H,6-11,15H2,1H3. The number of nitrogens with zero attached hydrogens (tertiary/aromatic N) is 1. The third-order valence-electron chi connectivity index (χ3n) is 3.40. The first kappa shape index (κ1) is 12.4. The zero-order valence-corrected chi connectivity index (χ0v) is 10.6. The molecule has 1 aliphatic rings. The van der Waals surface area contributed by atoms with E-state index >= 15 is 0 Å². The molecule has 0 radical (unpaired) electrons. The molecule has 17 heavy (non-hydrogen) atoms. The van der Waals surface area contributed by atoms with Crippen LogP contribution in [0.25, 0.3) is 0 Å². The third kappa shape index (κ3) is 3.72. The second kappa shape index (κ2) is 6.03. The van der Waals surface area contributed by atoms with Gasteiger partial charge in [-0.2, -0.15) is 0 Å². The summed E-state index contributed by atoms with van der Waals surface area (Å²) in [5.41, 5.74) is 6.94. The minimum atomic E-state index is 0.689. The predicted molar refractivity (Wildman–Crippen MR) is 70.3 cm³/mol. The second-order valence-electron chi connectivity index (χ2n) is 4.85. The van der Waals surface area contributed by atoms with Crippen molar-refractivity contribution in [2.24, 2.45) is 11.7 Å². The molecule has 0 aromatic heterocycles. The zero-order valence-electron chi connectivity index (χ0n) is 10.6. The Morgan fingerprint density at radius 3 is 2.76 bits per heavy atom. The SMILES string of the molecule is Cc1ccc(OCCN2CCC(CN)C2)cc1. The normalized spacial score (nSPS) is 20.7. The number of likely N-dealkylation sites (tertiary alicyclic amines) is 1. The number of rotatable bonds is 5. The molecule has 0 saturated carbocycles. The van der Waals surface area contributed by atoms with Crippen molar-refractivity contribution in [3.63, 3.8) is 0 Å². The van der Waals surface area contributed by atoms with Gasteiger partial charge in [-0.25, -0.2) is 0 Å². The summed E-state index contributed by atoms with van der Waals surface area (Å²) in [6.45, 7) is 6.97. The van der Waals surface area contributed by atoms with Gasteiger partial charge in [-0.1, -0.05) is 17.7 Å². The van der Waals surface area contributed by atoms with Crippen molar-refractivity contribution in [3.8, 4) is 5.75 Å². The first-order valence-electron chi connectivity index (χ1n) is 6.40. The van der Waals surface area contributed by atoms with E-state index in [-0.39, 0.29) is 0 Å². The molecule has 1 aliphatic heterocycles.